The maximum Gasteiger partial charge on any atom is 0.291 e. The molecule has 2 aromatic carbocycles. The van der Waals surface area contributed by atoms with Gasteiger partial charge in [-0.25, -0.2) is 0 Å². The first-order chi connectivity index (χ1) is 15.2. The van der Waals surface area contributed by atoms with Crippen LogP contribution in [0, 0.1) is 0 Å². The maximum atomic E-state index is 13.0. The van der Waals surface area contributed by atoms with E-state index in [1.807, 2.05) is 60.8 Å². The molecule has 0 spiro atoms. The number of nitrogens with one attached hydrogen (secondary N) is 2. The molecular formula is C25H23N3O3. The highest BCUT2D eigenvalue weighted by atomic mass is 16.3. The molecule has 2 heterocycles. The number of furan rings is 1. The normalized spacial score (nSPS) is 11.5. The highest BCUT2D eigenvalue weighted by Gasteiger charge is 2.17. The van der Waals surface area contributed by atoms with Crippen molar-refractivity contribution in [2.24, 2.45) is 0 Å². The van der Waals surface area contributed by atoms with Crippen molar-refractivity contribution in [2.45, 2.75) is 20.0 Å². The number of benzene rings is 2. The summed E-state index contributed by atoms with van der Waals surface area (Å²) in [5.74, 6) is -0.722. The molecule has 0 atom stereocenters. The second-order valence-corrected chi connectivity index (χ2v) is 7.05. The van der Waals surface area contributed by atoms with Crippen LogP contribution in [0.15, 0.2) is 89.3 Å². The van der Waals surface area contributed by atoms with Crippen LogP contribution >= 0.6 is 0 Å². The fourth-order valence-corrected chi connectivity index (χ4v) is 3.43. The Bertz CT molecular complexity index is 1220. The number of hydrogen-bond donors (Lipinski definition) is 2. The van der Waals surface area contributed by atoms with E-state index >= 15 is 0 Å². The summed E-state index contributed by atoms with van der Waals surface area (Å²) < 4.78 is 7.28. The fourth-order valence-electron chi connectivity index (χ4n) is 3.43. The number of fused-ring (bicyclic) bond motifs is 1. The van der Waals surface area contributed by atoms with Gasteiger partial charge in [0, 0.05) is 35.8 Å². The number of carbonyl (C=O) groups excluding carboxylic acids is 2. The van der Waals surface area contributed by atoms with Crippen molar-refractivity contribution < 1.29 is 14.0 Å². The van der Waals surface area contributed by atoms with Crippen molar-refractivity contribution in [1.29, 1.82) is 0 Å². The van der Waals surface area contributed by atoms with Gasteiger partial charge < -0.3 is 19.6 Å². The zero-order valence-corrected chi connectivity index (χ0v) is 17.2. The van der Waals surface area contributed by atoms with Gasteiger partial charge in [0.2, 0.25) is 0 Å². The Morgan fingerprint density at radius 1 is 1.00 bits per heavy atom. The van der Waals surface area contributed by atoms with E-state index in [0.717, 1.165) is 28.6 Å². The number of para-hydroxylation sites is 1. The van der Waals surface area contributed by atoms with Gasteiger partial charge in [0.25, 0.3) is 11.8 Å². The van der Waals surface area contributed by atoms with Gasteiger partial charge in [0.05, 0.1) is 6.26 Å². The fraction of sp³-hybridized carbons (Fsp3) is 0.120. The average Bonchev–Trinajstić information content (AvgIpc) is 3.46. The minimum absolute atomic E-state index is 0.137. The van der Waals surface area contributed by atoms with E-state index in [1.165, 1.54) is 6.26 Å². The summed E-state index contributed by atoms with van der Waals surface area (Å²) in [7, 11) is 0. The molecule has 0 fully saturated rings. The van der Waals surface area contributed by atoms with Crippen molar-refractivity contribution in [3.63, 3.8) is 0 Å². The topological polar surface area (TPSA) is 76.3 Å². The first kappa shape index (κ1) is 20.2. The number of aromatic nitrogens is 1. The summed E-state index contributed by atoms with van der Waals surface area (Å²) in [6, 6.07) is 20.8. The predicted molar refractivity (Wildman–Crippen MR) is 120 cm³/mol. The second kappa shape index (κ2) is 9.17. The van der Waals surface area contributed by atoms with Gasteiger partial charge in [-0.3, -0.25) is 9.59 Å². The molecule has 2 amide bonds. The molecule has 4 aromatic rings. The van der Waals surface area contributed by atoms with Gasteiger partial charge >= 0.3 is 0 Å². The smallest absolute Gasteiger partial charge is 0.291 e. The molecule has 0 bridgehead atoms. The summed E-state index contributed by atoms with van der Waals surface area (Å²) in [5, 5.41) is 6.59. The Kier molecular flexibility index (Phi) is 5.98. The highest BCUT2D eigenvalue weighted by Crippen LogP contribution is 2.23. The third-order valence-corrected chi connectivity index (χ3v) is 4.99. The van der Waals surface area contributed by atoms with Gasteiger partial charge in [-0.05, 0) is 36.8 Å². The molecule has 0 aliphatic rings. The minimum Gasteiger partial charge on any atom is -0.459 e. The first-order valence-corrected chi connectivity index (χ1v) is 10.1. The SMILES string of the molecule is CCn1cc(C=C(NC(=O)c2ccco2)C(=O)NCc2ccccc2)c2ccccc21. The van der Waals surface area contributed by atoms with Crippen molar-refractivity contribution in [2.75, 3.05) is 0 Å². The Morgan fingerprint density at radius 3 is 2.52 bits per heavy atom. The monoisotopic (exact) mass is 413 g/mol. The Labute approximate surface area is 180 Å². The van der Waals surface area contributed by atoms with Gasteiger partial charge in [-0.1, -0.05) is 48.5 Å². The molecule has 2 aromatic heterocycles. The quantitative estimate of drug-likeness (QED) is 0.443. The van der Waals surface area contributed by atoms with Crippen molar-refractivity contribution in [3.8, 4) is 0 Å². The molecule has 156 valence electrons. The molecular weight excluding hydrogens is 390 g/mol. The third-order valence-electron chi connectivity index (χ3n) is 4.99. The zero-order chi connectivity index (χ0) is 21.6. The van der Waals surface area contributed by atoms with E-state index in [9.17, 15) is 9.59 Å². The molecule has 6 heteroatoms. The van der Waals surface area contributed by atoms with Crippen LogP contribution < -0.4 is 10.6 Å². The van der Waals surface area contributed by atoms with E-state index in [4.69, 9.17) is 4.42 Å². The van der Waals surface area contributed by atoms with Crippen molar-refractivity contribution >= 4 is 28.8 Å². The molecule has 31 heavy (non-hydrogen) atoms. The zero-order valence-electron chi connectivity index (χ0n) is 17.2. The van der Waals surface area contributed by atoms with Gasteiger partial charge in [0.1, 0.15) is 5.70 Å². The van der Waals surface area contributed by atoms with Crippen LogP contribution in [0.1, 0.15) is 28.6 Å². The average molecular weight is 413 g/mol. The molecule has 0 radical (unpaired) electrons. The van der Waals surface area contributed by atoms with Gasteiger partial charge in [-0.15, -0.1) is 0 Å². The van der Waals surface area contributed by atoms with Gasteiger partial charge in [0.15, 0.2) is 5.76 Å². The summed E-state index contributed by atoms with van der Waals surface area (Å²) in [4.78, 5) is 25.6. The van der Waals surface area contributed by atoms with Crippen LogP contribution in [-0.2, 0) is 17.9 Å². The molecule has 0 saturated carbocycles. The predicted octanol–water partition coefficient (Wildman–Crippen LogP) is 4.34. The van der Waals surface area contributed by atoms with E-state index in [-0.39, 0.29) is 17.4 Å². The number of amides is 2. The number of rotatable bonds is 7. The van der Waals surface area contributed by atoms with E-state index < -0.39 is 5.91 Å². The van der Waals surface area contributed by atoms with E-state index in [0.29, 0.717) is 6.54 Å². The summed E-state index contributed by atoms with van der Waals surface area (Å²) in [6.07, 6.45) is 5.10. The van der Waals surface area contributed by atoms with Crippen LogP contribution in [0.4, 0.5) is 0 Å². The summed E-state index contributed by atoms with van der Waals surface area (Å²) in [5.41, 5.74) is 3.03. The van der Waals surface area contributed by atoms with Crippen LogP contribution in [0.25, 0.3) is 17.0 Å². The largest absolute Gasteiger partial charge is 0.459 e. The molecule has 0 aliphatic carbocycles. The molecule has 0 aliphatic heterocycles. The number of hydrogen-bond acceptors (Lipinski definition) is 3. The lowest BCUT2D eigenvalue weighted by atomic mass is 10.1. The maximum absolute atomic E-state index is 13.0. The number of aryl methyl sites for hydroxylation is 1. The summed E-state index contributed by atoms with van der Waals surface area (Å²) >= 11 is 0. The third kappa shape index (κ3) is 4.59. The Hall–Kier alpha value is -4.06. The molecule has 0 unspecified atom stereocenters. The molecule has 2 N–H and O–H groups in total. The van der Waals surface area contributed by atoms with Crippen molar-refractivity contribution in [1.82, 2.24) is 15.2 Å². The van der Waals surface area contributed by atoms with Gasteiger partial charge in [-0.2, -0.15) is 0 Å². The Morgan fingerprint density at radius 2 is 1.77 bits per heavy atom. The van der Waals surface area contributed by atoms with Crippen molar-refractivity contribution in [3.05, 3.63) is 102 Å². The lowest BCUT2D eigenvalue weighted by molar-refractivity contribution is -0.117. The Balaban J connectivity index is 1.66. The molecule has 0 saturated heterocycles. The van der Waals surface area contributed by atoms with Crippen LogP contribution in [0.2, 0.25) is 0 Å². The first-order valence-electron chi connectivity index (χ1n) is 10.1. The lowest BCUT2D eigenvalue weighted by Crippen LogP contribution is -2.34. The number of carbonyl (C=O) groups is 2. The van der Waals surface area contributed by atoms with E-state index in [1.54, 1.807) is 18.2 Å². The summed E-state index contributed by atoms with van der Waals surface area (Å²) in [6.45, 7) is 3.21. The van der Waals surface area contributed by atoms with Crippen LogP contribution in [-0.4, -0.2) is 16.4 Å². The van der Waals surface area contributed by atoms with E-state index in [2.05, 4.69) is 22.1 Å². The highest BCUT2D eigenvalue weighted by molar-refractivity contribution is 6.05. The van der Waals surface area contributed by atoms with Crippen LogP contribution in [0.3, 0.4) is 0 Å². The van der Waals surface area contributed by atoms with Crippen LogP contribution in [0.5, 0.6) is 0 Å². The standard InChI is InChI=1S/C25H23N3O3/c1-2-28-17-19(20-11-6-7-12-22(20)28)15-21(27-25(30)23-13-8-14-31-23)24(29)26-16-18-9-4-3-5-10-18/h3-15,17H,2,16H2,1H3,(H,26,29)(H,27,30). The molecule has 4 rings (SSSR count). The lowest BCUT2D eigenvalue weighted by Gasteiger charge is -2.10. The minimum atomic E-state index is -0.481. The number of nitrogens with zero attached hydrogens (tertiary/aromatic N) is 1. The molecule has 6 nitrogen and oxygen atoms in total. The second-order valence-electron chi connectivity index (χ2n) is 7.05.